The lowest BCUT2D eigenvalue weighted by atomic mass is 10.4. The van der Waals surface area contributed by atoms with Crippen LogP contribution in [0.1, 0.15) is 61.3 Å². The first-order chi connectivity index (χ1) is 12.0. The number of carbonyl (C=O) groups excluding carboxylic acids is 1. The van der Waals surface area contributed by atoms with Crippen molar-refractivity contribution >= 4 is 31.4 Å². The maximum Gasteiger partial charge on any atom is 0.398 e. The zero-order valence-corrected chi connectivity index (χ0v) is 21.6. The van der Waals surface area contributed by atoms with E-state index >= 15 is 0 Å². The minimum Gasteiger partial charge on any atom is -0.491 e. The summed E-state index contributed by atoms with van der Waals surface area (Å²) in [6.45, 7) is 23.1. The van der Waals surface area contributed by atoms with Crippen LogP contribution in [0, 0.1) is 0 Å². The van der Waals surface area contributed by atoms with Gasteiger partial charge in [0, 0.05) is 17.2 Å². The number of hydrogen-bond donors (Lipinski definition) is 0. The highest BCUT2D eigenvalue weighted by Crippen LogP contribution is 2.42. The van der Waals surface area contributed by atoms with Crippen molar-refractivity contribution < 1.29 is 17.5 Å². The Hall–Kier alpha value is -0.219. The molecule has 0 aromatic heterocycles. The van der Waals surface area contributed by atoms with Gasteiger partial charge in [0.25, 0.3) is 0 Å². The van der Waals surface area contributed by atoms with Crippen LogP contribution in [0.4, 0.5) is 0 Å². The van der Waals surface area contributed by atoms with Crippen LogP contribution < -0.4 is 0 Å². The van der Waals surface area contributed by atoms with Crippen molar-refractivity contribution in [1.82, 2.24) is 0 Å². The third kappa shape index (κ3) is 6.44. The lowest BCUT2D eigenvalue weighted by Gasteiger charge is -2.46. The molecule has 154 valence electrons. The minimum absolute atomic E-state index is 0.206. The molecule has 0 aliphatic heterocycles. The van der Waals surface area contributed by atoms with Crippen molar-refractivity contribution in [3.8, 4) is 0 Å². The molecular formula is C19H42O4Si3. The lowest BCUT2D eigenvalue weighted by molar-refractivity contribution is -0.131. The first-order valence-electron chi connectivity index (χ1n) is 10.3. The van der Waals surface area contributed by atoms with Crippen molar-refractivity contribution in [3.05, 3.63) is 12.7 Å². The van der Waals surface area contributed by atoms with E-state index in [4.69, 9.17) is 12.7 Å². The predicted octanol–water partition coefficient (Wildman–Crippen LogP) is 6.50. The molecule has 0 saturated carbocycles. The fourth-order valence-corrected chi connectivity index (χ4v) is 19.3. The highest BCUT2D eigenvalue weighted by atomic mass is 28.5. The van der Waals surface area contributed by atoms with Crippen LogP contribution in [0.15, 0.2) is 12.7 Å². The predicted molar refractivity (Wildman–Crippen MR) is 118 cm³/mol. The van der Waals surface area contributed by atoms with E-state index in [1.54, 1.807) is 0 Å². The van der Waals surface area contributed by atoms with Crippen molar-refractivity contribution in [1.29, 1.82) is 0 Å². The maximum atomic E-state index is 12.2. The highest BCUT2D eigenvalue weighted by Gasteiger charge is 2.55. The molecule has 0 saturated heterocycles. The van der Waals surface area contributed by atoms with E-state index < -0.39 is 25.4 Å². The van der Waals surface area contributed by atoms with E-state index in [2.05, 4.69) is 68.1 Å². The first-order valence-corrected chi connectivity index (χ1v) is 17.6. The molecule has 0 amide bonds. The zero-order valence-electron chi connectivity index (χ0n) is 18.6. The Kier molecular flexibility index (Phi) is 10.9. The third-order valence-electron chi connectivity index (χ3n) is 5.83. The molecule has 0 aliphatic carbocycles. The van der Waals surface area contributed by atoms with Gasteiger partial charge in [-0.2, -0.15) is 0 Å². The Bertz CT molecular complexity index is 432. The Morgan fingerprint density at radius 3 is 1.65 bits per heavy atom. The Balaban J connectivity index is 5.95. The summed E-state index contributed by atoms with van der Waals surface area (Å²) in [5.41, 5.74) is 0.412. The van der Waals surface area contributed by atoms with Gasteiger partial charge in [0.2, 0.25) is 0 Å². The molecule has 7 heteroatoms. The molecule has 0 bridgehead atoms. The SMILES string of the molecule is C=CC(=O)O[Si](O[Si](C)(C)O[Si](CC)(CC)CC)(C(C)CC)C(C)CC. The van der Waals surface area contributed by atoms with Crippen LogP contribution in [0.2, 0.25) is 42.3 Å². The van der Waals surface area contributed by atoms with Gasteiger partial charge in [0.05, 0.1) is 0 Å². The minimum atomic E-state index is -2.82. The summed E-state index contributed by atoms with van der Waals surface area (Å²) in [7, 11) is -7.08. The molecule has 0 aromatic rings. The van der Waals surface area contributed by atoms with Crippen LogP contribution in [-0.4, -0.2) is 31.4 Å². The van der Waals surface area contributed by atoms with Gasteiger partial charge in [-0.1, -0.05) is 67.9 Å². The summed E-state index contributed by atoms with van der Waals surface area (Å²) in [5, 5.41) is 0. The van der Waals surface area contributed by atoms with Gasteiger partial charge in [-0.15, -0.1) is 0 Å². The average molecular weight is 419 g/mol. The topological polar surface area (TPSA) is 44.8 Å². The molecule has 26 heavy (non-hydrogen) atoms. The largest absolute Gasteiger partial charge is 0.491 e. The second kappa shape index (κ2) is 10.9. The Morgan fingerprint density at radius 2 is 1.35 bits per heavy atom. The van der Waals surface area contributed by atoms with Crippen LogP contribution in [0.3, 0.4) is 0 Å². The second-order valence-corrected chi connectivity index (χ2v) is 20.4. The molecule has 2 atom stereocenters. The second-order valence-electron chi connectivity index (χ2n) is 7.81. The standard InChI is InChI=1S/C19H42O4Si3/c1-11-17(7)26(18(8)12-2,21-19(20)13-3)23-24(9,10)22-25(14-4,15-5)16-6/h13,17-18H,3,11-12,14-16H2,1-2,4-10H3. The van der Waals surface area contributed by atoms with Gasteiger partial charge in [0.1, 0.15) is 0 Å². The van der Waals surface area contributed by atoms with Gasteiger partial charge in [0.15, 0.2) is 8.32 Å². The molecule has 0 rings (SSSR count). The summed E-state index contributed by atoms with van der Waals surface area (Å²) in [4.78, 5) is 12.2. The molecule has 0 aromatic carbocycles. The van der Waals surface area contributed by atoms with Crippen LogP contribution in [-0.2, 0) is 17.5 Å². The summed E-state index contributed by atoms with van der Waals surface area (Å²) in [6.07, 6.45) is 3.10. The Morgan fingerprint density at radius 1 is 0.923 bits per heavy atom. The first kappa shape index (κ1) is 25.8. The summed E-state index contributed by atoms with van der Waals surface area (Å²) >= 11 is 0. The van der Waals surface area contributed by atoms with Gasteiger partial charge >= 0.3 is 23.1 Å². The fourth-order valence-electron chi connectivity index (χ4n) is 3.57. The fraction of sp³-hybridized carbons (Fsp3) is 0.842. The molecule has 2 unspecified atom stereocenters. The van der Waals surface area contributed by atoms with Crippen molar-refractivity contribution in [3.63, 3.8) is 0 Å². The van der Waals surface area contributed by atoms with E-state index in [1.807, 2.05) is 0 Å². The van der Waals surface area contributed by atoms with Crippen molar-refractivity contribution in [2.24, 2.45) is 0 Å². The average Bonchev–Trinajstić information content (AvgIpc) is 2.63. The summed E-state index contributed by atoms with van der Waals surface area (Å²) in [5.74, 6) is -0.368. The molecule has 0 aliphatic rings. The molecule has 0 heterocycles. The molecule has 0 fully saturated rings. The Labute approximate surface area is 165 Å². The van der Waals surface area contributed by atoms with Crippen LogP contribution >= 0.6 is 0 Å². The zero-order chi connectivity index (χ0) is 20.6. The molecule has 0 radical (unpaired) electrons. The van der Waals surface area contributed by atoms with Gasteiger partial charge < -0.3 is 12.7 Å². The molecule has 0 spiro atoms. The normalized spacial score (nSPS) is 17.3. The van der Waals surface area contributed by atoms with E-state index in [-0.39, 0.29) is 17.1 Å². The smallest absolute Gasteiger partial charge is 0.398 e. The van der Waals surface area contributed by atoms with E-state index in [9.17, 15) is 4.79 Å². The van der Waals surface area contributed by atoms with Gasteiger partial charge in [-0.25, -0.2) is 4.79 Å². The lowest BCUT2D eigenvalue weighted by Crippen LogP contribution is -2.60. The monoisotopic (exact) mass is 418 g/mol. The van der Waals surface area contributed by atoms with Gasteiger partial charge in [-0.05, 0) is 31.2 Å². The van der Waals surface area contributed by atoms with E-state index in [1.165, 1.54) is 6.08 Å². The van der Waals surface area contributed by atoms with Crippen LogP contribution in [0.25, 0.3) is 0 Å². The molecular weight excluding hydrogens is 376 g/mol. The number of carbonyl (C=O) groups is 1. The van der Waals surface area contributed by atoms with E-state index in [0.717, 1.165) is 31.0 Å². The number of rotatable bonds is 13. The number of hydrogen-bond acceptors (Lipinski definition) is 4. The quantitative estimate of drug-likeness (QED) is 0.253. The van der Waals surface area contributed by atoms with Gasteiger partial charge in [-0.3, -0.25) is 0 Å². The van der Waals surface area contributed by atoms with Crippen molar-refractivity contribution in [2.45, 2.75) is 104 Å². The highest BCUT2D eigenvalue weighted by molar-refractivity contribution is 6.88. The van der Waals surface area contributed by atoms with Crippen molar-refractivity contribution in [2.75, 3.05) is 0 Å². The summed E-state index contributed by atoms with van der Waals surface area (Å²) in [6, 6.07) is 3.27. The maximum absolute atomic E-state index is 12.2. The van der Waals surface area contributed by atoms with E-state index in [0.29, 0.717) is 0 Å². The van der Waals surface area contributed by atoms with Crippen LogP contribution in [0.5, 0.6) is 0 Å². The molecule has 4 nitrogen and oxygen atoms in total. The summed E-state index contributed by atoms with van der Waals surface area (Å²) < 4.78 is 19.7. The third-order valence-corrected chi connectivity index (χ3v) is 20.7. The molecule has 0 N–H and O–H groups in total.